The average Bonchev–Trinajstić information content (AvgIpc) is 3.24. The van der Waals surface area contributed by atoms with Crippen LogP contribution in [-0.4, -0.2) is 19.0 Å². The summed E-state index contributed by atoms with van der Waals surface area (Å²) < 4.78 is 0. The van der Waals surface area contributed by atoms with Gasteiger partial charge in [0.1, 0.15) is 0 Å². The van der Waals surface area contributed by atoms with Gasteiger partial charge in [-0.05, 0) is 174 Å². The van der Waals surface area contributed by atoms with Crippen molar-refractivity contribution in [1.82, 2.24) is 0 Å². The van der Waals surface area contributed by atoms with Gasteiger partial charge in [0.05, 0.1) is 0 Å². The fourth-order valence-corrected chi connectivity index (χ4v) is 9.99. The Morgan fingerprint density at radius 1 is 0.556 bits per heavy atom. The molecule has 0 saturated heterocycles. The van der Waals surface area contributed by atoms with Gasteiger partial charge in [0.15, 0.2) is 0 Å². The van der Waals surface area contributed by atoms with Crippen LogP contribution in [0.2, 0.25) is 0 Å². The van der Waals surface area contributed by atoms with E-state index in [1.807, 2.05) is 6.92 Å². The van der Waals surface area contributed by atoms with Crippen molar-refractivity contribution in [3.8, 4) is 0 Å². The molecular formula is C58H64N4O. The van der Waals surface area contributed by atoms with Crippen LogP contribution < -0.4 is 20.4 Å². The van der Waals surface area contributed by atoms with Crippen LogP contribution in [0.4, 0.5) is 39.8 Å². The van der Waals surface area contributed by atoms with E-state index in [0.717, 1.165) is 52.2 Å². The number of carbonyl (C=O) groups is 1. The topological polar surface area (TPSA) is 47.6 Å². The molecule has 7 aromatic rings. The molecule has 7 rings (SSSR count). The molecule has 0 saturated carbocycles. The zero-order chi connectivity index (χ0) is 45.3. The van der Waals surface area contributed by atoms with Gasteiger partial charge in [0.2, 0.25) is 0 Å². The lowest BCUT2D eigenvalue weighted by atomic mass is 9.82. The summed E-state index contributed by atoms with van der Waals surface area (Å²) in [4.78, 5) is 17.7. The number of anilines is 7. The fraction of sp³-hybridized carbons (Fsp3) is 0.259. The lowest BCUT2D eigenvalue weighted by Gasteiger charge is -2.29. The second-order valence-electron chi connectivity index (χ2n) is 17.6. The first kappa shape index (κ1) is 44.5. The maximum absolute atomic E-state index is 12.8. The van der Waals surface area contributed by atoms with Gasteiger partial charge in [0.25, 0.3) is 5.91 Å². The van der Waals surface area contributed by atoms with Gasteiger partial charge in [-0.15, -0.1) is 0 Å². The van der Waals surface area contributed by atoms with E-state index in [1.54, 1.807) is 6.92 Å². The highest BCUT2D eigenvalue weighted by atomic mass is 16.1. The van der Waals surface area contributed by atoms with Crippen LogP contribution in [0.25, 0.3) is 10.8 Å². The van der Waals surface area contributed by atoms with Crippen molar-refractivity contribution < 1.29 is 4.79 Å². The Kier molecular flexibility index (Phi) is 13.0. The molecule has 1 amide bonds. The van der Waals surface area contributed by atoms with Crippen molar-refractivity contribution in [1.29, 1.82) is 0 Å². The SMILES string of the molecule is C=C(C)C(=O)Nc1c(C)cc(C)c(Nc2ccc(C(c3ccc(N(CC)c4c(C)cc(C)cc4C)cc3)c3ccc(N(CC)c4c(C)cc(C)cc4C)cc3)c3ccccc23)c1C. The molecular weight excluding hydrogens is 769 g/mol. The van der Waals surface area contributed by atoms with Crippen LogP contribution in [-0.2, 0) is 4.79 Å². The molecule has 7 aromatic carbocycles. The highest BCUT2D eigenvalue weighted by molar-refractivity contribution is 6.05. The van der Waals surface area contributed by atoms with E-state index in [-0.39, 0.29) is 11.8 Å². The first-order chi connectivity index (χ1) is 30.1. The molecule has 5 nitrogen and oxygen atoms in total. The van der Waals surface area contributed by atoms with Crippen LogP contribution in [0.1, 0.15) is 93.5 Å². The van der Waals surface area contributed by atoms with Crippen LogP contribution in [0.3, 0.4) is 0 Å². The minimum atomic E-state index is -0.177. The number of carbonyl (C=O) groups excluding carboxylic acids is 1. The Morgan fingerprint density at radius 3 is 1.44 bits per heavy atom. The number of fused-ring (bicyclic) bond motifs is 1. The fourth-order valence-electron chi connectivity index (χ4n) is 9.99. The zero-order valence-corrected chi connectivity index (χ0v) is 39.5. The summed E-state index contributed by atoms with van der Waals surface area (Å²) in [5, 5.41) is 9.24. The van der Waals surface area contributed by atoms with Crippen LogP contribution in [0, 0.1) is 62.3 Å². The molecule has 0 bridgehead atoms. The summed E-state index contributed by atoms with van der Waals surface area (Å²) in [5.41, 5.74) is 22.7. The highest BCUT2D eigenvalue weighted by Gasteiger charge is 2.24. The highest BCUT2D eigenvalue weighted by Crippen LogP contribution is 2.43. The maximum Gasteiger partial charge on any atom is 0.250 e. The number of hydrogen-bond donors (Lipinski definition) is 2. The monoisotopic (exact) mass is 833 g/mol. The van der Waals surface area contributed by atoms with Gasteiger partial charge in [-0.3, -0.25) is 4.79 Å². The van der Waals surface area contributed by atoms with E-state index in [2.05, 4.69) is 212 Å². The van der Waals surface area contributed by atoms with E-state index in [1.165, 1.54) is 78.2 Å². The molecule has 0 fully saturated rings. The first-order valence-electron chi connectivity index (χ1n) is 22.4. The standard InChI is InChI=1S/C58H64N4O/c1-14-61(56-40(9)30-36(5)31-41(56)10)47-24-20-45(21-25-47)53(46-22-26-48(27-23-46)62(15-2)57-42(11)32-37(6)33-43(57)12)51-28-29-52(50-19-17-16-18-49(50)51)59-54-38(7)34-39(8)55(44(54)13)60-58(63)35(3)4/h16-34,53,59H,3,14-15H2,1-2,4-13H3,(H,60,63). The number of nitrogens with one attached hydrogen (secondary N) is 2. The number of hydrogen-bond acceptors (Lipinski definition) is 4. The Labute approximate surface area is 376 Å². The van der Waals surface area contributed by atoms with E-state index in [0.29, 0.717) is 5.57 Å². The number of aryl methyl sites for hydroxylation is 8. The molecule has 322 valence electrons. The minimum Gasteiger partial charge on any atom is -0.355 e. The number of benzene rings is 7. The molecule has 2 N–H and O–H groups in total. The van der Waals surface area contributed by atoms with Gasteiger partial charge in [0, 0.05) is 69.8 Å². The van der Waals surface area contributed by atoms with E-state index in [4.69, 9.17) is 0 Å². The predicted octanol–water partition coefficient (Wildman–Crippen LogP) is 15.4. The van der Waals surface area contributed by atoms with Gasteiger partial charge >= 0.3 is 0 Å². The van der Waals surface area contributed by atoms with Crippen molar-refractivity contribution >= 4 is 56.5 Å². The predicted molar refractivity (Wildman–Crippen MR) is 272 cm³/mol. The Balaban J connectivity index is 1.35. The summed E-state index contributed by atoms with van der Waals surface area (Å²) in [6.45, 7) is 31.2. The van der Waals surface area contributed by atoms with Crippen molar-refractivity contribution in [3.05, 3.63) is 194 Å². The molecule has 5 heteroatoms. The van der Waals surface area contributed by atoms with Gasteiger partial charge in [-0.2, -0.15) is 0 Å². The van der Waals surface area contributed by atoms with Crippen LogP contribution in [0.5, 0.6) is 0 Å². The van der Waals surface area contributed by atoms with E-state index >= 15 is 0 Å². The summed E-state index contributed by atoms with van der Waals surface area (Å²) >= 11 is 0. The first-order valence-corrected chi connectivity index (χ1v) is 22.4. The third kappa shape index (κ3) is 8.88. The van der Waals surface area contributed by atoms with Gasteiger partial charge in [-0.1, -0.05) is 103 Å². The smallest absolute Gasteiger partial charge is 0.250 e. The normalized spacial score (nSPS) is 11.3. The molecule has 0 atom stereocenters. The van der Waals surface area contributed by atoms with Gasteiger partial charge < -0.3 is 20.4 Å². The van der Waals surface area contributed by atoms with Crippen molar-refractivity contribution in [3.63, 3.8) is 0 Å². The second-order valence-corrected chi connectivity index (χ2v) is 17.6. The average molecular weight is 833 g/mol. The Morgan fingerprint density at radius 2 is 1.00 bits per heavy atom. The van der Waals surface area contributed by atoms with Crippen molar-refractivity contribution in [2.24, 2.45) is 0 Å². The van der Waals surface area contributed by atoms with Crippen molar-refractivity contribution in [2.45, 2.75) is 89.0 Å². The van der Waals surface area contributed by atoms with E-state index in [9.17, 15) is 4.79 Å². The quantitative estimate of drug-likeness (QED) is 0.0897. The number of rotatable bonds is 13. The van der Waals surface area contributed by atoms with E-state index < -0.39 is 0 Å². The van der Waals surface area contributed by atoms with Crippen LogP contribution in [0.15, 0.2) is 127 Å². The summed E-state index contributed by atoms with van der Waals surface area (Å²) in [7, 11) is 0. The summed E-state index contributed by atoms with van der Waals surface area (Å²) in [6.07, 6.45) is 0. The maximum atomic E-state index is 12.8. The molecule has 0 aromatic heterocycles. The zero-order valence-electron chi connectivity index (χ0n) is 39.5. The Hall–Kier alpha value is -6.59. The number of amides is 1. The molecule has 0 unspecified atom stereocenters. The lowest BCUT2D eigenvalue weighted by Crippen LogP contribution is -2.19. The molecule has 63 heavy (non-hydrogen) atoms. The molecule has 0 aliphatic carbocycles. The molecule has 0 spiro atoms. The lowest BCUT2D eigenvalue weighted by molar-refractivity contribution is -0.112. The third-order valence-corrected chi connectivity index (χ3v) is 12.6. The molecule has 0 heterocycles. The largest absolute Gasteiger partial charge is 0.355 e. The summed E-state index contributed by atoms with van der Waals surface area (Å²) in [5.74, 6) is -0.224. The molecule has 0 radical (unpaired) electrons. The number of nitrogens with zero attached hydrogens (tertiary/aromatic N) is 2. The second kappa shape index (κ2) is 18.4. The molecule has 0 aliphatic heterocycles. The Bertz CT molecular complexity index is 2700. The molecule has 0 aliphatic rings. The van der Waals surface area contributed by atoms with Crippen LogP contribution >= 0.6 is 0 Å². The van der Waals surface area contributed by atoms with Crippen molar-refractivity contribution in [2.75, 3.05) is 33.5 Å². The summed E-state index contributed by atoms with van der Waals surface area (Å²) in [6, 6.07) is 43.0. The van der Waals surface area contributed by atoms with Gasteiger partial charge in [-0.25, -0.2) is 0 Å². The minimum absolute atomic E-state index is 0.0466. The third-order valence-electron chi connectivity index (χ3n) is 12.6.